The van der Waals surface area contributed by atoms with Gasteiger partial charge < -0.3 is 10.3 Å². The van der Waals surface area contributed by atoms with Crippen molar-refractivity contribution in [3.63, 3.8) is 0 Å². The van der Waals surface area contributed by atoms with Crippen molar-refractivity contribution in [2.24, 2.45) is 16.5 Å². The maximum Gasteiger partial charge on any atom is 0.0647 e. The third kappa shape index (κ3) is 4.20. The molecule has 90 valence electrons. The fourth-order valence-electron chi connectivity index (χ4n) is 1.66. The first-order valence-corrected chi connectivity index (χ1v) is 5.73. The van der Waals surface area contributed by atoms with E-state index in [9.17, 15) is 5.11 Å². The minimum atomic E-state index is -0.449. The number of aliphatic hydroxyl groups is 1. The summed E-state index contributed by atoms with van der Waals surface area (Å²) in [6.07, 6.45) is 2.58. The van der Waals surface area contributed by atoms with Gasteiger partial charge in [-0.25, -0.2) is 0 Å². The topological polar surface area (TPSA) is 52.8 Å². The Morgan fingerprint density at radius 2 is 1.93 bits per heavy atom. The van der Waals surface area contributed by atoms with Gasteiger partial charge in [0.15, 0.2) is 0 Å². The Morgan fingerprint density at radius 1 is 1.40 bits per heavy atom. The molecule has 0 aromatic heterocycles. The van der Waals surface area contributed by atoms with Gasteiger partial charge in [-0.2, -0.15) is 0 Å². The van der Waals surface area contributed by atoms with E-state index in [2.05, 4.69) is 19.0 Å². The van der Waals surface area contributed by atoms with Gasteiger partial charge in [0.2, 0.25) is 0 Å². The zero-order valence-electron chi connectivity index (χ0n) is 10.6. The Bertz CT molecular complexity index is 212. The Morgan fingerprint density at radius 3 is 2.33 bits per heavy atom. The molecule has 3 heteroatoms. The smallest absolute Gasteiger partial charge is 0.0647 e. The van der Waals surface area contributed by atoms with E-state index in [1.54, 1.807) is 6.92 Å². The molecule has 0 spiro atoms. The standard InChI is InChI=1S/C12H25NO2/c1-6-7-9(2)8-11(14)12(4,5)10(3)13-15/h9,11,14-15H,6-8H2,1-5H3/b13-10+. The van der Waals surface area contributed by atoms with Crippen LogP contribution in [0, 0.1) is 11.3 Å². The molecule has 0 aromatic rings. The molecule has 2 atom stereocenters. The van der Waals surface area contributed by atoms with E-state index in [4.69, 9.17) is 5.21 Å². The minimum absolute atomic E-state index is 0.448. The number of hydrogen-bond acceptors (Lipinski definition) is 3. The van der Waals surface area contributed by atoms with Gasteiger partial charge in [0.05, 0.1) is 11.8 Å². The highest BCUT2D eigenvalue weighted by molar-refractivity contribution is 5.87. The highest BCUT2D eigenvalue weighted by Crippen LogP contribution is 2.28. The van der Waals surface area contributed by atoms with Crippen LogP contribution in [0.25, 0.3) is 0 Å². The van der Waals surface area contributed by atoms with Crippen LogP contribution in [-0.2, 0) is 0 Å². The quantitative estimate of drug-likeness (QED) is 0.406. The van der Waals surface area contributed by atoms with E-state index in [0.29, 0.717) is 11.6 Å². The van der Waals surface area contributed by atoms with Crippen molar-refractivity contribution in [2.75, 3.05) is 0 Å². The summed E-state index contributed by atoms with van der Waals surface area (Å²) in [4.78, 5) is 0. The van der Waals surface area contributed by atoms with E-state index in [0.717, 1.165) is 19.3 Å². The molecule has 0 radical (unpaired) electrons. The number of aliphatic hydroxyl groups excluding tert-OH is 1. The molecule has 3 nitrogen and oxygen atoms in total. The van der Waals surface area contributed by atoms with Gasteiger partial charge in [-0.3, -0.25) is 0 Å². The average Bonchev–Trinajstić information content (AvgIpc) is 2.16. The zero-order chi connectivity index (χ0) is 12.1. The summed E-state index contributed by atoms with van der Waals surface area (Å²) in [6.45, 7) is 9.85. The maximum absolute atomic E-state index is 10.1. The largest absolute Gasteiger partial charge is 0.411 e. The molecule has 0 rings (SSSR count). The first kappa shape index (κ1) is 14.4. The van der Waals surface area contributed by atoms with Crippen LogP contribution < -0.4 is 0 Å². The summed E-state index contributed by atoms with van der Waals surface area (Å²) >= 11 is 0. The Balaban J connectivity index is 4.37. The number of rotatable bonds is 6. The molecule has 2 N–H and O–H groups in total. The van der Waals surface area contributed by atoms with Gasteiger partial charge in [0, 0.05) is 5.41 Å². The van der Waals surface area contributed by atoms with Gasteiger partial charge in [0.1, 0.15) is 0 Å². The fraction of sp³-hybridized carbons (Fsp3) is 0.917. The lowest BCUT2D eigenvalue weighted by Gasteiger charge is -2.31. The summed E-state index contributed by atoms with van der Waals surface area (Å²) in [7, 11) is 0. The van der Waals surface area contributed by atoms with Crippen LogP contribution in [0.3, 0.4) is 0 Å². The van der Waals surface area contributed by atoms with Crippen molar-refractivity contribution in [3.8, 4) is 0 Å². The summed E-state index contributed by atoms with van der Waals surface area (Å²) in [5, 5.41) is 22.0. The van der Waals surface area contributed by atoms with Crippen LogP contribution >= 0.6 is 0 Å². The Hall–Kier alpha value is -0.570. The molecular weight excluding hydrogens is 190 g/mol. The average molecular weight is 215 g/mol. The highest BCUT2D eigenvalue weighted by atomic mass is 16.4. The first-order valence-electron chi connectivity index (χ1n) is 5.73. The molecule has 0 amide bonds. The van der Waals surface area contributed by atoms with Crippen molar-refractivity contribution >= 4 is 5.71 Å². The van der Waals surface area contributed by atoms with Crippen LogP contribution in [-0.4, -0.2) is 22.1 Å². The summed E-state index contributed by atoms with van der Waals surface area (Å²) in [5.74, 6) is 0.510. The lowest BCUT2D eigenvalue weighted by atomic mass is 9.78. The second kappa shape index (κ2) is 6.11. The Kier molecular flexibility index (Phi) is 5.88. The number of nitrogens with zero attached hydrogens (tertiary/aromatic N) is 1. The normalized spacial score (nSPS) is 17.6. The first-order chi connectivity index (χ1) is 6.86. The highest BCUT2D eigenvalue weighted by Gasteiger charge is 2.32. The van der Waals surface area contributed by atoms with Crippen LogP contribution in [0.1, 0.15) is 53.9 Å². The van der Waals surface area contributed by atoms with E-state index in [1.165, 1.54) is 0 Å². The van der Waals surface area contributed by atoms with E-state index in [-0.39, 0.29) is 0 Å². The predicted octanol–water partition coefficient (Wildman–Crippen LogP) is 3.05. The van der Waals surface area contributed by atoms with Gasteiger partial charge in [-0.05, 0) is 19.3 Å². The number of hydrogen-bond donors (Lipinski definition) is 2. The molecule has 0 saturated heterocycles. The third-order valence-electron chi connectivity index (χ3n) is 3.32. The second-order valence-corrected chi connectivity index (χ2v) is 5.05. The van der Waals surface area contributed by atoms with E-state index in [1.807, 2.05) is 13.8 Å². The molecule has 0 fully saturated rings. The van der Waals surface area contributed by atoms with E-state index < -0.39 is 11.5 Å². The molecular formula is C12H25NO2. The maximum atomic E-state index is 10.1. The molecule has 0 saturated carbocycles. The number of oxime groups is 1. The van der Waals surface area contributed by atoms with Crippen molar-refractivity contribution in [1.82, 2.24) is 0 Å². The zero-order valence-corrected chi connectivity index (χ0v) is 10.6. The van der Waals surface area contributed by atoms with Crippen LogP contribution in [0.15, 0.2) is 5.16 Å². The summed E-state index contributed by atoms with van der Waals surface area (Å²) < 4.78 is 0. The van der Waals surface area contributed by atoms with Gasteiger partial charge in [0.25, 0.3) is 0 Å². The van der Waals surface area contributed by atoms with Gasteiger partial charge in [-0.15, -0.1) is 0 Å². The molecule has 0 aliphatic heterocycles. The van der Waals surface area contributed by atoms with Crippen molar-refractivity contribution in [3.05, 3.63) is 0 Å². The monoisotopic (exact) mass is 215 g/mol. The minimum Gasteiger partial charge on any atom is -0.411 e. The third-order valence-corrected chi connectivity index (χ3v) is 3.32. The predicted molar refractivity (Wildman–Crippen MR) is 63.4 cm³/mol. The van der Waals surface area contributed by atoms with Crippen molar-refractivity contribution < 1.29 is 10.3 Å². The molecule has 0 aliphatic rings. The molecule has 0 heterocycles. The van der Waals surface area contributed by atoms with Crippen molar-refractivity contribution in [2.45, 2.75) is 60.0 Å². The molecule has 0 bridgehead atoms. The Labute approximate surface area is 93.2 Å². The van der Waals surface area contributed by atoms with Crippen molar-refractivity contribution in [1.29, 1.82) is 0 Å². The van der Waals surface area contributed by atoms with Crippen LogP contribution in [0.2, 0.25) is 0 Å². The summed E-state index contributed by atoms with van der Waals surface area (Å²) in [6, 6.07) is 0. The lowest BCUT2D eigenvalue weighted by Crippen LogP contribution is -2.37. The molecule has 15 heavy (non-hydrogen) atoms. The van der Waals surface area contributed by atoms with Crippen LogP contribution in [0.4, 0.5) is 0 Å². The summed E-state index contributed by atoms with van der Waals surface area (Å²) in [5.41, 5.74) is 0.134. The van der Waals surface area contributed by atoms with E-state index >= 15 is 0 Å². The van der Waals surface area contributed by atoms with Gasteiger partial charge in [-0.1, -0.05) is 45.7 Å². The van der Waals surface area contributed by atoms with Gasteiger partial charge >= 0.3 is 0 Å². The molecule has 0 aromatic carbocycles. The lowest BCUT2D eigenvalue weighted by molar-refractivity contribution is 0.0675. The molecule has 2 unspecified atom stereocenters. The van der Waals surface area contributed by atoms with Crippen LogP contribution in [0.5, 0.6) is 0 Å². The second-order valence-electron chi connectivity index (χ2n) is 5.05. The molecule has 0 aliphatic carbocycles. The SMILES string of the molecule is CCCC(C)CC(O)C(C)(C)/C(C)=N/O. The fourth-order valence-corrected chi connectivity index (χ4v) is 1.66.